The van der Waals surface area contributed by atoms with Crippen LogP contribution in [0.15, 0.2) is 72.8 Å². The van der Waals surface area contributed by atoms with Crippen LogP contribution in [-0.4, -0.2) is 28.6 Å². The predicted octanol–water partition coefficient (Wildman–Crippen LogP) is 5.43. The fourth-order valence-corrected chi connectivity index (χ4v) is 4.34. The highest BCUT2D eigenvalue weighted by Gasteiger charge is 2.35. The van der Waals surface area contributed by atoms with E-state index >= 15 is 0 Å². The Balaban J connectivity index is 1.41. The van der Waals surface area contributed by atoms with E-state index in [1.165, 1.54) is 11.0 Å². The van der Waals surface area contributed by atoms with Gasteiger partial charge < -0.3 is 14.2 Å². The number of halogens is 2. The maximum absolute atomic E-state index is 14.3. The summed E-state index contributed by atoms with van der Waals surface area (Å²) in [7, 11) is 0. The van der Waals surface area contributed by atoms with Gasteiger partial charge in [-0.2, -0.15) is 0 Å². The van der Waals surface area contributed by atoms with E-state index in [2.05, 4.69) is 4.57 Å². The van der Waals surface area contributed by atoms with E-state index < -0.39 is 5.82 Å². The number of imidazole rings is 1. The summed E-state index contributed by atoms with van der Waals surface area (Å²) in [5, 5.41) is 0.658. The highest BCUT2D eigenvalue weighted by molar-refractivity contribution is 6.30. The number of hydrogen-bond acceptors (Lipinski definition) is 3. The van der Waals surface area contributed by atoms with Crippen molar-refractivity contribution in [1.82, 2.24) is 9.55 Å². The molecule has 3 aromatic carbocycles. The van der Waals surface area contributed by atoms with Crippen LogP contribution >= 0.6 is 11.6 Å². The predicted molar refractivity (Wildman–Crippen MR) is 123 cm³/mol. The van der Waals surface area contributed by atoms with Crippen molar-refractivity contribution in [1.29, 1.82) is 0 Å². The van der Waals surface area contributed by atoms with E-state index in [-0.39, 0.29) is 18.2 Å². The van der Waals surface area contributed by atoms with Crippen molar-refractivity contribution in [3.63, 3.8) is 0 Å². The summed E-state index contributed by atoms with van der Waals surface area (Å²) in [6.45, 7) is 1.40. The van der Waals surface area contributed by atoms with Crippen molar-refractivity contribution in [2.45, 2.75) is 18.9 Å². The summed E-state index contributed by atoms with van der Waals surface area (Å²) in [5.74, 6) is 0.924. The van der Waals surface area contributed by atoms with Crippen LogP contribution in [0.3, 0.4) is 0 Å². The lowest BCUT2D eigenvalue weighted by atomic mass is 10.1. The van der Waals surface area contributed by atoms with Gasteiger partial charge in [0.1, 0.15) is 24.0 Å². The molecule has 0 N–H and O–H groups in total. The van der Waals surface area contributed by atoms with Gasteiger partial charge in [0.25, 0.3) is 0 Å². The molecule has 4 aromatic rings. The molecule has 2 heterocycles. The van der Waals surface area contributed by atoms with E-state index in [1.54, 1.807) is 30.3 Å². The van der Waals surface area contributed by atoms with Gasteiger partial charge in [0.2, 0.25) is 5.91 Å². The molecule has 1 atom stereocenters. The number of anilines is 1. The lowest BCUT2D eigenvalue weighted by Crippen LogP contribution is -2.25. The smallest absolute Gasteiger partial charge is 0.227 e. The molecular formula is C25H21ClFN3O2. The fraction of sp³-hybridized carbons (Fsp3) is 0.200. The topological polar surface area (TPSA) is 47.4 Å². The summed E-state index contributed by atoms with van der Waals surface area (Å²) < 4.78 is 22.3. The van der Waals surface area contributed by atoms with Gasteiger partial charge in [0.15, 0.2) is 0 Å². The van der Waals surface area contributed by atoms with Crippen LogP contribution < -0.4 is 9.64 Å². The van der Waals surface area contributed by atoms with Crippen molar-refractivity contribution in [2.24, 2.45) is 0 Å². The molecular weight excluding hydrogens is 429 g/mol. The third kappa shape index (κ3) is 3.94. The number of hydrogen-bond donors (Lipinski definition) is 0. The summed E-state index contributed by atoms with van der Waals surface area (Å²) in [6, 6.07) is 21.5. The Hall–Kier alpha value is -3.38. The summed E-state index contributed by atoms with van der Waals surface area (Å²) in [4.78, 5) is 19.1. The zero-order valence-corrected chi connectivity index (χ0v) is 18.0. The Labute approximate surface area is 190 Å². The first kappa shape index (κ1) is 20.5. The molecule has 0 unspecified atom stereocenters. The number of benzene rings is 3. The molecule has 0 radical (unpaired) electrons. The zero-order valence-electron chi connectivity index (χ0n) is 17.2. The Morgan fingerprint density at radius 1 is 1.03 bits per heavy atom. The van der Waals surface area contributed by atoms with Crippen LogP contribution in [0.5, 0.6) is 5.75 Å². The molecule has 1 aliphatic heterocycles. The number of carbonyl (C=O) groups excluding carboxylic acids is 1. The molecule has 0 aliphatic carbocycles. The number of ether oxygens (including phenoxy) is 1. The number of aromatic nitrogens is 2. The lowest BCUT2D eigenvalue weighted by molar-refractivity contribution is -0.117. The number of amides is 1. The minimum Gasteiger partial charge on any atom is -0.492 e. The van der Waals surface area contributed by atoms with Gasteiger partial charge in [0, 0.05) is 23.9 Å². The second kappa shape index (κ2) is 8.63. The third-order valence-corrected chi connectivity index (χ3v) is 5.97. The molecule has 0 spiro atoms. The average molecular weight is 450 g/mol. The molecule has 1 fully saturated rings. The zero-order chi connectivity index (χ0) is 22.1. The molecule has 162 valence electrons. The molecule has 32 heavy (non-hydrogen) atoms. The summed E-state index contributed by atoms with van der Waals surface area (Å²) in [5.41, 5.74) is 2.17. The SMILES string of the molecule is O=C1C[C@@H](c2nc3ccccc3n2CCOc2ccc(Cl)cc2)CN1c1ccccc1F. The molecule has 1 aromatic heterocycles. The normalized spacial score (nSPS) is 16.1. The fourth-order valence-electron chi connectivity index (χ4n) is 4.21. The van der Waals surface area contributed by atoms with Crippen LogP contribution in [-0.2, 0) is 11.3 Å². The van der Waals surface area contributed by atoms with Gasteiger partial charge in [-0.05, 0) is 48.5 Å². The molecule has 5 nitrogen and oxygen atoms in total. The number of carbonyl (C=O) groups is 1. The first-order valence-corrected chi connectivity index (χ1v) is 10.9. The highest BCUT2D eigenvalue weighted by Crippen LogP contribution is 2.34. The van der Waals surface area contributed by atoms with Crippen LogP contribution in [0.4, 0.5) is 10.1 Å². The molecule has 1 amide bonds. The quantitative estimate of drug-likeness (QED) is 0.394. The maximum atomic E-state index is 14.3. The monoisotopic (exact) mass is 449 g/mol. The first-order valence-electron chi connectivity index (χ1n) is 10.5. The van der Waals surface area contributed by atoms with Gasteiger partial charge in [-0.3, -0.25) is 4.79 Å². The van der Waals surface area contributed by atoms with E-state index in [4.69, 9.17) is 21.3 Å². The minimum atomic E-state index is -0.397. The number of rotatable bonds is 6. The van der Waals surface area contributed by atoms with Gasteiger partial charge in [0.05, 0.1) is 23.3 Å². The molecule has 0 saturated carbocycles. The van der Waals surface area contributed by atoms with Crippen molar-refractivity contribution in [2.75, 3.05) is 18.1 Å². The molecule has 5 rings (SSSR count). The number of nitrogens with zero attached hydrogens (tertiary/aromatic N) is 3. The molecule has 1 saturated heterocycles. The standard InChI is InChI=1S/C25H21ClFN3O2/c26-18-9-11-19(12-10-18)32-14-13-29-23-8-4-2-6-21(23)28-25(29)17-15-24(31)30(16-17)22-7-3-1-5-20(22)27/h1-12,17H,13-16H2/t17-/m1/s1. The third-order valence-electron chi connectivity index (χ3n) is 5.71. The van der Waals surface area contributed by atoms with Crippen molar-refractivity contribution < 1.29 is 13.9 Å². The van der Waals surface area contributed by atoms with Crippen LogP contribution in [0.1, 0.15) is 18.2 Å². The van der Waals surface area contributed by atoms with E-state index in [0.29, 0.717) is 30.4 Å². The van der Waals surface area contributed by atoms with Crippen LogP contribution in [0.2, 0.25) is 5.02 Å². The van der Waals surface area contributed by atoms with Gasteiger partial charge >= 0.3 is 0 Å². The second-order valence-electron chi connectivity index (χ2n) is 7.77. The van der Waals surface area contributed by atoms with Gasteiger partial charge in [-0.15, -0.1) is 0 Å². The van der Waals surface area contributed by atoms with Crippen molar-refractivity contribution in [3.05, 3.63) is 89.5 Å². The second-order valence-corrected chi connectivity index (χ2v) is 8.21. The highest BCUT2D eigenvalue weighted by atomic mass is 35.5. The maximum Gasteiger partial charge on any atom is 0.227 e. The van der Waals surface area contributed by atoms with Crippen molar-refractivity contribution >= 4 is 34.2 Å². The van der Waals surface area contributed by atoms with Gasteiger partial charge in [-0.1, -0.05) is 35.9 Å². The Morgan fingerprint density at radius 2 is 1.78 bits per heavy atom. The Kier molecular flexibility index (Phi) is 5.53. The number of para-hydroxylation sites is 3. The van der Waals surface area contributed by atoms with E-state index in [1.807, 2.05) is 36.4 Å². The lowest BCUT2D eigenvalue weighted by Gasteiger charge is -2.18. The Bertz CT molecular complexity index is 1270. The van der Waals surface area contributed by atoms with Crippen molar-refractivity contribution in [3.8, 4) is 5.75 Å². The Morgan fingerprint density at radius 3 is 2.59 bits per heavy atom. The van der Waals surface area contributed by atoms with Crippen LogP contribution in [0.25, 0.3) is 11.0 Å². The minimum absolute atomic E-state index is 0.101. The van der Waals surface area contributed by atoms with Gasteiger partial charge in [-0.25, -0.2) is 9.37 Å². The molecule has 0 bridgehead atoms. The summed E-state index contributed by atoms with van der Waals surface area (Å²) >= 11 is 5.94. The first-order chi connectivity index (χ1) is 15.6. The summed E-state index contributed by atoms with van der Waals surface area (Å²) in [6.07, 6.45) is 0.287. The molecule has 1 aliphatic rings. The van der Waals surface area contributed by atoms with E-state index in [0.717, 1.165) is 22.6 Å². The van der Waals surface area contributed by atoms with E-state index in [9.17, 15) is 9.18 Å². The van der Waals surface area contributed by atoms with Crippen LogP contribution in [0, 0.1) is 5.82 Å². The molecule has 7 heteroatoms. The average Bonchev–Trinajstić information content (AvgIpc) is 3.36. The number of fused-ring (bicyclic) bond motifs is 1. The largest absolute Gasteiger partial charge is 0.492 e.